The second-order valence-corrected chi connectivity index (χ2v) is 5.97. The van der Waals surface area contributed by atoms with Gasteiger partial charge >= 0.3 is 0 Å². The van der Waals surface area contributed by atoms with Crippen molar-refractivity contribution in [2.24, 2.45) is 5.92 Å². The van der Waals surface area contributed by atoms with Crippen molar-refractivity contribution in [2.75, 3.05) is 6.54 Å². The summed E-state index contributed by atoms with van der Waals surface area (Å²) in [6.45, 7) is 9.61. The Kier molecular flexibility index (Phi) is 5.51. The van der Waals surface area contributed by atoms with E-state index in [9.17, 15) is 0 Å². The van der Waals surface area contributed by atoms with Gasteiger partial charge < -0.3 is 9.84 Å². The summed E-state index contributed by atoms with van der Waals surface area (Å²) in [5.41, 5.74) is 2.21. The van der Waals surface area contributed by atoms with E-state index in [0.29, 0.717) is 23.7 Å². The number of hydrogen-bond acceptors (Lipinski definition) is 4. The first-order chi connectivity index (χ1) is 10.1. The van der Waals surface area contributed by atoms with Gasteiger partial charge in [0.05, 0.1) is 0 Å². The van der Waals surface area contributed by atoms with Crippen LogP contribution in [0, 0.1) is 12.8 Å². The molecule has 21 heavy (non-hydrogen) atoms. The molecule has 1 heterocycles. The SMILES string of the molecule is CCNC(Cc1nc(-c2cccc(C)c2)no1)CC(C)C. The lowest BCUT2D eigenvalue weighted by Gasteiger charge is -2.17. The van der Waals surface area contributed by atoms with Crippen LogP contribution in [0.5, 0.6) is 0 Å². The second kappa shape index (κ2) is 7.36. The third-order valence-corrected chi connectivity index (χ3v) is 3.41. The Bertz CT molecular complexity index is 563. The maximum Gasteiger partial charge on any atom is 0.228 e. The highest BCUT2D eigenvalue weighted by Gasteiger charge is 2.16. The molecular weight excluding hydrogens is 262 g/mol. The van der Waals surface area contributed by atoms with Crippen molar-refractivity contribution < 1.29 is 4.52 Å². The van der Waals surface area contributed by atoms with Gasteiger partial charge in [-0.25, -0.2) is 0 Å². The van der Waals surface area contributed by atoms with E-state index in [-0.39, 0.29) is 0 Å². The predicted octanol–water partition coefficient (Wildman–Crippen LogP) is 3.61. The minimum absolute atomic E-state index is 0.390. The lowest BCUT2D eigenvalue weighted by molar-refractivity contribution is 0.340. The maximum atomic E-state index is 5.42. The van der Waals surface area contributed by atoms with Gasteiger partial charge in [-0.15, -0.1) is 0 Å². The fourth-order valence-electron chi connectivity index (χ4n) is 2.55. The van der Waals surface area contributed by atoms with Crippen LogP contribution in [0.1, 0.15) is 38.6 Å². The molecule has 2 rings (SSSR count). The van der Waals surface area contributed by atoms with E-state index in [1.54, 1.807) is 0 Å². The van der Waals surface area contributed by atoms with Crippen molar-refractivity contribution in [3.05, 3.63) is 35.7 Å². The predicted molar refractivity (Wildman–Crippen MR) is 85.1 cm³/mol. The second-order valence-electron chi connectivity index (χ2n) is 5.97. The molecule has 0 radical (unpaired) electrons. The Hall–Kier alpha value is -1.68. The Morgan fingerprint density at radius 3 is 2.76 bits per heavy atom. The fourth-order valence-corrected chi connectivity index (χ4v) is 2.55. The summed E-state index contributed by atoms with van der Waals surface area (Å²) in [7, 11) is 0. The van der Waals surface area contributed by atoms with Crippen LogP contribution >= 0.6 is 0 Å². The van der Waals surface area contributed by atoms with Crippen LogP contribution in [0.25, 0.3) is 11.4 Å². The molecule has 0 aliphatic rings. The van der Waals surface area contributed by atoms with E-state index in [2.05, 4.69) is 55.3 Å². The zero-order valence-electron chi connectivity index (χ0n) is 13.4. The Balaban J connectivity index is 2.08. The van der Waals surface area contributed by atoms with E-state index >= 15 is 0 Å². The highest BCUT2D eigenvalue weighted by atomic mass is 16.5. The molecule has 0 fully saturated rings. The van der Waals surface area contributed by atoms with Crippen LogP contribution in [0.2, 0.25) is 0 Å². The highest BCUT2D eigenvalue weighted by Crippen LogP contribution is 2.18. The molecule has 0 spiro atoms. The first kappa shape index (κ1) is 15.7. The zero-order valence-corrected chi connectivity index (χ0v) is 13.4. The lowest BCUT2D eigenvalue weighted by Crippen LogP contribution is -2.32. The summed E-state index contributed by atoms with van der Waals surface area (Å²) in [4.78, 5) is 4.53. The van der Waals surface area contributed by atoms with Crippen molar-refractivity contribution in [3.8, 4) is 11.4 Å². The van der Waals surface area contributed by atoms with E-state index < -0.39 is 0 Å². The number of aryl methyl sites for hydroxylation is 1. The molecule has 0 bridgehead atoms. The molecule has 1 unspecified atom stereocenters. The largest absolute Gasteiger partial charge is 0.339 e. The van der Waals surface area contributed by atoms with Gasteiger partial charge in [0.15, 0.2) is 0 Å². The summed E-state index contributed by atoms with van der Waals surface area (Å²) < 4.78 is 5.42. The van der Waals surface area contributed by atoms with Gasteiger partial charge in [-0.3, -0.25) is 0 Å². The van der Waals surface area contributed by atoms with Crippen molar-refractivity contribution in [3.63, 3.8) is 0 Å². The van der Waals surface area contributed by atoms with E-state index in [1.165, 1.54) is 5.56 Å². The van der Waals surface area contributed by atoms with Gasteiger partial charge in [0.1, 0.15) is 0 Å². The molecule has 0 aliphatic heterocycles. The summed E-state index contributed by atoms with van der Waals surface area (Å²) in [5.74, 6) is 2.03. The van der Waals surface area contributed by atoms with Crippen molar-refractivity contribution in [1.82, 2.24) is 15.5 Å². The van der Waals surface area contributed by atoms with Gasteiger partial charge in [0, 0.05) is 18.0 Å². The van der Waals surface area contributed by atoms with Gasteiger partial charge in [-0.05, 0) is 31.9 Å². The molecular formula is C17H25N3O. The van der Waals surface area contributed by atoms with Crippen LogP contribution in [0.4, 0.5) is 0 Å². The minimum Gasteiger partial charge on any atom is -0.339 e. The van der Waals surface area contributed by atoms with Gasteiger partial charge in [0.25, 0.3) is 0 Å². The summed E-state index contributed by atoms with van der Waals surface area (Å²) in [6.07, 6.45) is 1.89. The first-order valence-electron chi connectivity index (χ1n) is 7.71. The fraction of sp³-hybridized carbons (Fsp3) is 0.529. The molecule has 114 valence electrons. The molecule has 0 aliphatic carbocycles. The summed E-state index contributed by atoms with van der Waals surface area (Å²) >= 11 is 0. The average Bonchev–Trinajstić information content (AvgIpc) is 2.87. The molecule has 1 aromatic carbocycles. The number of benzene rings is 1. The third kappa shape index (κ3) is 4.67. The number of nitrogens with one attached hydrogen (secondary N) is 1. The quantitative estimate of drug-likeness (QED) is 0.845. The number of rotatable bonds is 7. The summed E-state index contributed by atoms with van der Waals surface area (Å²) in [6, 6.07) is 8.55. The van der Waals surface area contributed by atoms with Gasteiger partial charge in [-0.2, -0.15) is 4.98 Å². The Morgan fingerprint density at radius 1 is 1.29 bits per heavy atom. The zero-order chi connectivity index (χ0) is 15.2. The normalized spacial score (nSPS) is 12.8. The van der Waals surface area contributed by atoms with Crippen LogP contribution in [-0.2, 0) is 6.42 Å². The third-order valence-electron chi connectivity index (χ3n) is 3.41. The van der Waals surface area contributed by atoms with Crippen LogP contribution in [-0.4, -0.2) is 22.7 Å². The standard InChI is InChI=1S/C17H25N3O/c1-5-18-15(9-12(2)3)11-16-19-17(20-21-16)14-8-6-7-13(4)10-14/h6-8,10,12,15,18H,5,9,11H2,1-4H3. The van der Waals surface area contributed by atoms with Crippen molar-refractivity contribution in [2.45, 2.75) is 46.6 Å². The molecule has 1 N–H and O–H groups in total. The molecule has 2 aromatic rings. The molecule has 4 nitrogen and oxygen atoms in total. The van der Waals surface area contributed by atoms with E-state index in [4.69, 9.17) is 4.52 Å². The maximum absolute atomic E-state index is 5.42. The molecule has 1 atom stereocenters. The monoisotopic (exact) mass is 287 g/mol. The van der Waals surface area contributed by atoms with Gasteiger partial charge in [0.2, 0.25) is 11.7 Å². The minimum atomic E-state index is 0.390. The number of likely N-dealkylation sites (N-methyl/N-ethyl adjacent to an activating group) is 1. The number of nitrogens with zero attached hydrogens (tertiary/aromatic N) is 2. The molecule has 0 saturated carbocycles. The molecule has 1 aromatic heterocycles. The average molecular weight is 287 g/mol. The number of hydrogen-bond donors (Lipinski definition) is 1. The first-order valence-corrected chi connectivity index (χ1v) is 7.71. The van der Waals surface area contributed by atoms with Crippen LogP contribution < -0.4 is 5.32 Å². The van der Waals surface area contributed by atoms with Crippen LogP contribution in [0.3, 0.4) is 0 Å². The highest BCUT2D eigenvalue weighted by molar-refractivity contribution is 5.55. The molecule has 0 saturated heterocycles. The topological polar surface area (TPSA) is 51.0 Å². The van der Waals surface area contributed by atoms with E-state index in [1.807, 2.05) is 12.1 Å². The van der Waals surface area contributed by atoms with Crippen molar-refractivity contribution in [1.29, 1.82) is 0 Å². The smallest absolute Gasteiger partial charge is 0.228 e. The van der Waals surface area contributed by atoms with Crippen LogP contribution in [0.15, 0.2) is 28.8 Å². The summed E-state index contributed by atoms with van der Waals surface area (Å²) in [5, 5.41) is 7.60. The van der Waals surface area contributed by atoms with Crippen molar-refractivity contribution >= 4 is 0 Å². The molecule has 4 heteroatoms. The van der Waals surface area contributed by atoms with Gasteiger partial charge in [-0.1, -0.05) is 49.7 Å². The molecule has 0 amide bonds. The Morgan fingerprint density at radius 2 is 2.10 bits per heavy atom. The lowest BCUT2D eigenvalue weighted by atomic mass is 10.0. The Labute approximate surface area is 127 Å². The number of aromatic nitrogens is 2. The van der Waals surface area contributed by atoms with E-state index in [0.717, 1.165) is 24.9 Å².